The Morgan fingerprint density at radius 3 is 2.55 bits per heavy atom. The van der Waals surface area contributed by atoms with Crippen molar-refractivity contribution in [1.29, 1.82) is 0 Å². The summed E-state index contributed by atoms with van der Waals surface area (Å²) >= 11 is 0. The number of hydrogen-bond donors (Lipinski definition) is 2. The van der Waals surface area contributed by atoms with Crippen LogP contribution in [0.4, 0.5) is 5.95 Å². The topological polar surface area (TPSA) is 77.9 Å². The zero-order valence-electron chi connectivity index (χ0n) is 19.0. The molecule has 2 aromatic rings. The highest BCUT2D eigenvalue weighted by molar-refractivity contribution is 5.79. The maximum atomic E-state index is 5.41. The molecule has 2 heterocycles. The number of aliphatic imine (C=N–C) groups is 1. The van der Waals surface area contributed by atoms with Gasteiger partial charge in [0.2, 0.25) is 5.95 Å². The van der Waals surface area contributed by atoms with Gasteiger partial charge in [-0.25, -0.2) is 9.97 Å². The van der Waals surface area contributed by atoms with E-state index in [0.29, 0.717) is 0 Å². The van der Waals surface area contributed by atoms with Crippen LogP contribution in [-0.4, -0.2) is 80.8 Å². The molecule has 1 aromatic heterocycles. The number of anilines is 1. The zero-order valence-corrected chi connectivity index (χ0v) is 19.0. The first-order valence-electron chi connectivity index (χ1n) is 11.0. The fourth-order valence-corrected chi connectivity index (χ4v) is 3.70. The minimum Gasteiger partial charge on any atom is -0.496 e. The molecular formula is C23H35N7O. The number of aryl methyl sites for hydroxylation is 1. The minimum absolute atomic E-state index is 0.829. The summed E-state index contributed by atoms with van der Waals surface area (Å²) in [5.41, 5.74) is 2.41. The first kappa shape index (κ1) is 22.8. The standard InChI is InChI=1S/C23H35N7O/c1-19-6-7-20(18-21(19)31-3)8-12-26-22(24-2)25-11-5-13-29-14-16-30(17-15-29)23-27-9-4-10-28-23/h4,6-7,9-10,18H,5,8,11-17H2,1-3H3,(H2,24,25,26). The second kappa shape index (κ2) is 12.1. The van der Waals surface area contributed by atoms with Crippen LogP contribution in [0, 0.1) is 6.92 Å². The lowest BCUT2D eigenvalue weighted by Crippen LogP contribution is -2.47. The summed E-state index contributed by atoms with van der Waals surface area (Å²) in [5.74, 6) is 2.63. The molecule has 0 spiro atoms. The van der Waals surface area contributed by atoms with Crippen LogP contribution in [-0.2, 0) is 6.42 Å². The quantitative estimate of drug-likeness (QED) is 0.360. The van der Waals surface area contributed by atoms with Gasteiger partial charge in [-0.05, 0) is 49.6 Å². The molecule has 1 aliphatic heterocycles. The SMILES string of the molecule is CN=C(NCCCN1CCN(c2ncccn2)CC1)NCCc1ccc(C)c(OC)c1. The van der Waals surface area contributed by atoms with Gasteiger partial charge in [0.05, 0.1) is 7.11 Å². The summed E-state index contributed by atoms with van der Waals surface area (Å²) < 4.78 is 5.41. The van der Waals surface area contributed by atoms with Gasteiger partial charge in [-0.15, -0.1) is 0 Å². The van der Waals surface area contributed by atoms with Crippen molar-refractivity contribution in [2.75, 3.05) is 64.9 Å². The van der Waals surface area contributed by atoms with E-state index >= 15 is 0 Å². The van der Waals surface area contributed by atoms with Crippen molar-refractivity contribution in [3.8, 4) is 5.75 Å². The highest BCUT2D eigenvalue weighted by atomic mass is 16.5. The van der Waals surface area contributed by atoms with Crippen LogP contribution in [0.15, 0.2) is 41.7 Å². The number of nitrogens with zero attached hydrogens (tertiary/aromatic N) is 5. The van der Waals surface area contributed by atoms with Gasteiger partial charge in [0.15, 0.2) is 5.96 Å². The van der Waals surface area contributed by atoms with E-state index in [-0.39, 0.29) is 0 Å². The summed E-state index contributed by atoms with van der Waals surface area (Å²) in [6.45, 7) is 8.92. The predicted molar refractivity (Wildman–Crippen MR) is 126 cm³/mol. The van der Waals surface area contributed by atoms with E-state index in [4.69, 9.17) is 4.74 Å². The van der Waals surface area contributed by atoms with E-state index in [1.165, 1.54) is 5.56 Å². The molecule has 0 aliphatic carbocycles. The zero-order chi connectivity index (χ0) is 21.9. The molecule has 3 rings (SSSR count). The molecule has 0 radical (unpaired) electrons. The van der Waals surface area contributed by atoms with Crippen LogP contribution in [0.5, 0.6) is 5.75 Å². The highest BCUT2D eigenvalue weighted by Gasteiger charge is 2.18. The van der Waals surface area contributed by atoms with Crippen LogP contribution in [0.3, 0.4) is 0 Å². The molecule has 0 atom stereocenters. The Hall–Kier alpha value is -2.87. The summed E-state index contributed by atoms with van der Waals surface area (Å²) in [4.78, 5) is 17.8. The highest BCUT2D eigenvalue weighted by Crippen LogP contribution is 2.19. The van der Waals surface area contributed by atoms with E-state index < -0.39 is 0 Å². The monoisotopic (exact) mass is 425 g/mol. The number of piperazine rings is 1. The van der Waals surface area contributed by atoms with Crippen molar-refractivity contribution in [1.82, 2.24) is 25.5 Å². The largest absolute Gasteiger partial charge is 0.496 e. The normalized spacial score (nSPS) is 15.1. The van der Waals surface area contributed by atoms with Crippen molar-refractivity contribution < 1.29 is 4.74 Å². The number of guanidine groups is 1. The second-order valence-electron chi connectivity index (χ2n) is 7.71. The maximum absolute atomic E-state index is 5.41. The maximum Gasteiger partial charge on any atom is 0.225 e. The molecule has 1 aromatic carbocycles. The van der Waals surface area contributed by atoms with E-state index in [0.717, 1.165) is 81.9 Å². The molecule has 0 amide bonds. The number of ether oxygens (including phenoxy) is 1. The first-order valence-corrected chi connectivity index (χ1v) is 11.0. The third-order valence-electron chi connectivity index (χ3n) is 5.55. The summed E-state index contributed by atoms with van der Waals surface area (Å²) in [6.07, 6.45) is 5.61. The third kappa shape index (κ3) is 7.10. The Balaban J connectivity index is 1.29. The molecule has 168 valence electrons. The molecule has 1 fully saturated rings. The van der Waals surface area contributed by atoms with Crippen LogP contribution in [0.1, 0.15) is 17.5 Å². The number of rotatable bonds is 9. The van der Waals surface area contributed by atoms with Crippen molar-refractivity contribution >= 4 is 11.9 Å². The second-order valence-corrected chi connectivity index (χ2v) is 7.71. The van der Waals surface area contributed by atoms with Gasteiger partial charge in [0.1, 0.15) is 5.75 Å². The molecule has 0 unspecified atom stereocenters. The summed E-state index contributed by atoms with van der Waals surface area (Å²) in [7, 11) is 3.53. The van der Waals surface area contributed by atoms with Gasteiger partial charge in [0, 0.05) is 58.7 Å². The average molecular weight is 426 g/mol. The average Bonchev–Trinajstić information content (AvgIpc) is 2.82. The molecule has 0 saturated carbocycles. The van der Waals surface area contributed by atoms with Gasteiger partial charge in [0.25, 0.3) is 0 Å². The fourth-order valence-electron chi connectivity index (χ4n) is 3.70. The van der Waals surface area contributed by atoms with E-state index in [2.05, 4.69) is 60.5 Å². The minimum atomic E-state index is 0.829. The molecule has 2 N–H and O–H groups in total. The number of hydrogen-bond acceptors (Lipinski definition) is 6. The molecule has 31 heavy (non-hydrogen) atoms. The lowest BCUT2D eigenvalue weighted by atomic mass is 10.1. The van der Waals surface area contributed by atoms with Gasteiger partial charge >= 0.3 is 0 Å². The smallest absolute Gasteiger partial charge is 0.225 e. The van der Waals surface area contributed by atoms with Gasteiger partial charge in [-0.1, -0.05) is 12.1 Å². The fraction of sp³-hybridized carbons (Fsp3) is 0.522. The van der Waals surface area contributed by atoms with Crippen molar-refractivity contribution in [2.45, 2.75) is 19.8 Å². The molecular weight excluding hydrogens is 390 g/mol. The van der Waals surface area contributed by atoms with Crippen LogP contribution in [0.25, 0.3) is 0 Å². The van der Waals surface area contributed by atoms with Crippen LogP contribution < -0.4 is 20.3 Å². The van der Waals surface area contributed by atoms with Crippen LogP contribution >= 0.6 is 0 Å². The number of methoxy groups -OCH3 is 1. The molecule has 1 saturated heterocycles. The Morgan fingerprint density at radius 1 is 1.10 bits per heavy atom. The first-order chi connectivity index (χ1) is 15.2. The summed E-state index contributed by atoms with van der Waals surface area (Å²) in [6, 6.07) is 8.22. The Morgan fingerprint density at radius 2 is 1.84 bits per heavy atom. The van der Waals surface area contributed by atoms with Gasteiger partial charge in [-0.3, -0.25) is 9.89 Å². The molecule has 0 bridgehead atoms. The Labute approximate surface area is 185 Å². The Kier molecular flexibility index (Phi) is 8.90. The molecule has 8 heteroatoms. The number of nitrogens with one attached hydrogen (secondary N) is 2. The van der Waals surface area contributed by atoms with Crippen molar-refractivity contribution in [2.24, 2.45) is 4.99 Å². The van der Waals surface area contributed by atoms with Gasteiger partial charge in [-0.2, -0.15) is 0 Å². The van der Waals surface area contributed by atoms with E-state index in [1.54, 1.807) is 19.5 Å². The molecule has 8 nitrogen and oxygen atoms in total. The number of benzene rings is 1. The molecule has 1 aliphatic rings. The van der Waals surface area contributed by atoms with E-state index in [9.17, 15) is 0 Å². The third-order valence-corrected chi connectivity index (χ3v) is 5.55. The van der Waals surface area contributed by atoms with Crippen molar-refractivity contribution in [3.63, 3.8) is 0 Å². The lowest BCUT2D eigenvalue weighted by molar-refractivity contribution is 0.254. The van der Waals surface area contributed by atoms with Crippen molar-refractivity contribution in [3.05, 3.63) is 47.8 Å². The lowest BCUT2D eigenvalue weighted by Gasteiger charge is -2.34. The van der Waals surface area contributed by atoms with Gasteiger partial charge < -0.3 is 20.3 Å². The van der Waals surface area contributed by atoms with Crippen LogP contribution in [0.2, 0.25) is 0 Å². The summed E-state index contributed by atoms with van der Waals surface area (Å²) in [5, 5.41) is 6.81. The number of aromatic nitrogens is 2. The van der Waals surface area contributed by atoms with E-state index in [1.807, 2.05) is 13.1 Å². The predicted octanol–water partition coefficient (Wildman–Crippen LogP) is 1.71. The Bertz CT molecular complexity index is 820.